The van der Waals surface area contributed by atoms with Crippen LogP contribution < -0.4 is 0 Å². The molecule has 2 amide bonds. The van der Waals surface area contributed by atoms with Crippen LogP contribution in [0.5, 0.6) is 0 Å². The van der Waals surface area contributed by atoms with Gasteiger partial charge in [-0.1, -0.05) is 5.16 Å². The maximum atomic E-state index is 13.1. The Balaban J connectivity index is 1.42. The minimum Gasteiger partial charge on any atom is -0.348 e. The van der Waals surface area contributed by atoms with Gasteiger partial charge < -0.3 is 14.3 Å². The van der Waals surface area contributed by atoms with Gasteiger partial charge in [0.15, 0.2) is 0 Å². The first-order chi connectivity index (χ1) is 13.2. The topological polar surface area (TPSA) is 92.4 Å². The van der Waals surface area contributed by atoms with E-state index in [1.165, 1.54) is 11.3 Å². The molecular weight excluding hydrogens is 366 g/mol. The van der Waals surface area contributed by atoms with E-state index in [4.69, 9.17) is 4.52 Å². The normalized spacial score (nSPS) is 22.4. The molecule has 3 saturated heterocycles. The van der Waals surface area contributed by atoms with E-state index >= 15 is 0 Å². The lowest BCUT2D eigenvalue weighted by Gasteiger charge is -2.35. The summed E-state index contributed by atoms with van der Waals surface area (Å²) in [5.74, 6) is -0.110. The molecule has 0 unspecified atom stereocenters. The number of rotatable bonds is 3. The van der Waals surface area contributed by atoms with Crippen molar-refractivity contribution in [3.63, 3.8) is 0 Å². The number of amides is 2. The van der Waals surface area contributed by atoms with Crippen LogP contribution in [0.3, 0.4) is 0 Å². The van der Waals surface area contributed by atoms with Crippen LogP contribution in [0.2, 0.25) is 0 Å². The van der Waals surface area contributed by atoms with Gasteiger partial charge in [-0.25, -0.2) is 9.97 Å². The molecule has 6 heterocycles. The molecule has 8 nitrogen and oxygen atoms in total. The predicted molar refractivity (Wildman–Crippen MR) is 96.9 cm³/mol. The number of nitrogens with zero attached hydrogens (tertiary/aromatic N) is 5. The van der Waals surface area contributed by atoms with Crippen LogP contribution in [0.1, 0.15) is 29.1 Å². The highest BCUT2D eigenvalue weighted by atomic mass is 32.1. The summed E-state index contributed by atoms with van der Waals surface area (Å²) in [4.78, 5) is 38.0. The number of fused-ring (bicyclic) bond motifs is 5. The monoisotopic (exact) mass is 383 g/mol. The molecule has 27 heavy (non-hydrogen) atoms. The molecule has 2 bridgehead atoms. The number of aromatic nitrogens is 3. The molecule has 6 rings (SSSR count). The van der Waals surface area contributed by atoms with Crippen molar-refractivity contribution in [1.29, 1.82) is 0 Å². The van der Waals surface area contributed by atoms with E-state index < -0.39 is 0 Å². The van der Waals surface area contributed by atoms with E-state index in [9.17, 15) is 9.59 Å². The largest absolute Gasteiger partial charge is 0.348 e. The second-order valence-electron chi connectivity index (χ2n) is 6.97. The van der Waals surface area contributed by atoms with Crippen LogP contribution in [0.4, 0.5) is 0 Å². The second-order valence-corrected chi connectivity index (χ2v) is 7.69. The van der Waals surface area contributed by atoms with Crippen molar-refractivity contribution in [1.82, 2.24) is 24.9 Å². The van der Waals surface area contributed by atoms with E-state index in [1.54, 1.807) is 28.7 Å². The van der Waals surface area contributed by atoms with Gasteiger partial charge in [-0.15, -0.1) is 11.3 Å². The molecule has 0 aliphatic carbocycles. The molecule has 3 aliphatic rings. The van der Waals surface area contributed by atoms with Gasteiger partial charge in [-0.05, 0) is 25.0 Å². The maximum absolute atomic E-state index is 13.1. The summed E-state index contributed by atoms with van der Waals surface area (Å²) in [5.41, 5.74) is 3.08. The number of pyridine rings is 1. The summed E-state index contributed by atoms with van der Waals surface area (Å²) < 4.78 is 5.29. The van der Waals surface area contributed by atoms with E-state index in [0.717, 1.165) is 18.5 Å². The van der Waals surface area contributed by atoms with Crippen LogP contribution in [0.15, 0.2) is 33.7 Å². The third-order valence-electron chi connectivity index (χ3n) is 5.35. The van der Waals surface area contributed by atoms with E-state index in [-0.39, 0.29) is 29.5 Å². The summed E-state index contributed by atoms with van der Waals surface area (Å²) in [7, 11) is 0. The van der Waals surface area contributed by atoms with Gasteiger partial charge in [0.1, 0.15) is 0 Å². The van der Waals surface area contributed by atoms with Crippen molar-refractivity contribution in [2.75, 3.05) is 13.1 Å². The van der Waals surface area contributed by atoms with Crippen molar-refractivity contribution >= 4 is 34.2 Å². The average molecular weight is 383 g/mol. The number of hydrogen-bond acceptors (Lipinski definition) is 7. The Morgan fingerprint density at radius 2 is 2.22 bits per heavy atom. The zero-order valence-corrected chi connectivity index (χ0v) is 15.3. The highest BCUT2D eigenvalue weighted by Crippen LogP contribution is 2.31. The Morgan fingerprint density at radius 1 is 1.30 bits per heavy atom. The van der Waals surface area contributed by atoms with Gasteiger partial charge in [0, 0.05) is 30.7 Å². The van der Waals surface area contributed by atoms with Crippen LogP contribution in [0, 0.1) is 5.92 Å². The highest BCUT2D eigenvalue weighted by molar-refractivity contribution is 7.07. The molecular formula is C18H17N5O3S. The minimum atomic E-state index is -0.231. The average Bonchev–Trinajstić information content (AvgIpc) is 3.27. The first kappa shape index (κ1) is 16.4. The van der Waals surface area contributed by atoms with Gasteiger partial charge in [0.25, 0.3) is 5.91 Å². The van der Waals surface area contributed by atoms with Crippen LogP contribution >= 0.6 is 11.3 Å². The molecule has 0 N–H and O–H groups in total. The molecule has 0 radical (unpaired) electrons. The zero-order chi connectivity index (χ0) is 18.4. The van der Waals surface area contributed by atoms with Gasteiger partial charge >= 0.3 is 0 Å². The van der Waals surface area contributed by atoms with Crippen LogP contribution in [-0.4, -0.2) is 55.9 Å². The van der Waals surface area contributed by atoms with E-state index in [0.29, 0.717) is 30.7 Å². The fourth-order valence-corrected chi connectivity index (χ4v) is 4.54. The summed E-state index contributed by atoms with van der Waals surface area (Å²) in [6.07, 6.45) is 3.31. The number of piperidine rings is 1. The Morgan fingerprint density at radius 3 is 3.07 bits per heavy atom. The molecule has 0 aromatic carbocycles. The molecule has 3 aromatic rings. The summed E-state index contributed by atoms with van der Waals surface area (Å²) in [5, 5.41) is 6.44. The fraction of sp³-hybridized carbons (Fsp3) is 0.389. The van der Waals surface area contributed by atoms with E-state index in [2.05, 4.69) is 15.1 Å². The number of carbonyl (C=O) groups is 2. The van der Waals surface area contributed by atoms with Crippen molar-refractivity contribution in [3.05, 3.63) is 40.7 Å². The van der Waals surface area contributed by atoms with Crippen LogP contribution in [-0.2, 0) is 11.3 Å². The van der Waals surface area contributed by atoms with Crippen molar-refractivity contribution in [3.8, 4) is 0 Å². The van der Waals surface area contributed by atoms with Gasteiger partial charge in [0.2, 0.25) is 17.3 Å². The smallest absolute Gasteiger partial charge is 0.293 e. The van der Waals surface area contributed by atoms with E-state index in [1.807, 2.05) is 10.3 Å². The molecule has 3 aliphatic heterocycles. The predicted octanol–water partition coefficient (Wildman–Crippen LogP) is 1.94. The molecule has 138 valence electrons. The first-order valence-electron chi connectivity index (χ1n) is 8.88. The molecule has 2 atom stereocenters. The Kier molecular flexibility index (Phi) is 3.89. The van der Waals surface area contributed by atoms with Gasteiger partial charge in [-0.3, -0.25) is 9.59 Å². The SMILES string of the molecule is O=C(c1onc2ncccc12)N1C[C@@H]2CC[C@H](C1)N(Cc1cscn1)C2=O. The fourth-order valence-electron chi connectivity index (χ4n) is 3.99. The van der Waals surface area contributed by atoms with Crippen LogP contribution in [0.25, 0.3) is 11.0 Å². The lowest BCUT2D eigenvalue weighted by atomic mass is 9.94. The number of carbonyl (C=O) groups excluding carboxylic acids is 2. The lowest BCUT2D eigenvalue weighted by molar-refractivity contribution is -0.140. The summed E-state index contributed by atoms with van der Waals surface area (Å²) >= 11 is 1.52. The Bertz CT molecular complexity index is 1000. The zero-order valence-electron chi connectivity index (χ0n) is 14.4. The number of thiazole rings is 1. The standard InChI is InChI=1S/C18H17N5O3S/c24-17-11-3-4-13(23(17)7-12-9-27-10-20-12)8-22(6-11)18(25)15-14-2-1-5-19-16(14)21-26-15/h1-2,5,9-11,13H,3-4,6-8H2/t11-,13+/m0/s1. The first-order valence-corrected chi connectivity index (χ1v) is 9.82. The van der Waals surface area contributed by atoms with Crippen molar-refractivity contribution in [2.45, 2.75) is 25.4 Å². The Hall–Kier alpha value is -2.81. The van der Waals surface area contributed by atoms with Gasteiger partial charge in [0.05, 0.1) is 29.1 Å². The third-order valence-corrected chi connectivity index (χ3v) is 5.98. The molecule has 0 spiro atoms. The third kappa shape index (κ3) is 2.78. The molecule has 0 saturated carbocycles. The lowest BCUT2D eigenvalue weighted by Crippen LogP contribution is -2.47. The highest BCUT2D eigenvalue weighted by Gasteiger charge is 2.42. The quantitative estimate of drug-likeness (QED) is 0.686. The molecule has 3 fully saturated rings. The van der Waals surface area contributed by atoms with Gasteiger partial charge in [-0.2, -0.15) is 0 Å². The van der Waals surface area contributed by atoms with Crippen molar-refractivity contribution < 1.29 is 14.1 Å². The molecule has 9 heteroatoms. The number of hydrogen-bond donors (Lipinski definition) is 0. The second kappa shape index (κ2) is 6.41. The minimum absolute atomic E-state index is 0.00536. The maximum Gasteiger partial charge on any atom is 0.293 e. The summed E-state index contributed by atoms with van der Waals surface area (Å²) in [6, 6.07) is 3.52. The molecule has 3 aromatic heterocycles. The summed E-state index contributed by atoms with van der Waals surface area (Å²) in [6.45, 7) is 1.40. The Labute approximate surface area is 158 Å². The van der Waals surface area contributed by atoms with Crippen molar-refractivity contribution in [2.24, 2.45) is 5.92 Å².